The summed E-state index contributed by atoms with van der Waals surface area (Å²) in [4.78, 5) is 23.2. The Balaban J connectivity index is 2.36. The van der Waals surface area contributed by atoms with Crippen LogP contribution in [-0.4, -0.2) is 29.1 Å². The first kappa shape index (κ1) is 6.72. The second-order valence-electron chi connectivity index (χ2n) is 2.25. The van der Waals surface area contributed by atoms with Crippen molar-refractivity contribution < 1.29 is 9.59 Å². The maximum absolute atomic E-state index is 11.0. The van der Waals surface area contributed by atoms with E-state index < -0.39 is 0 Å². The monoisotopic (exact) mass is 170 g/mol. The topological polar surface area (TPSA) is 49.4 Å². The van der Waals surface area contributed by atoms with E-state index >= 15 is 0 Å². The predicted octanol–water partition coefficient (Wildman–Crippen LogP) is 0.126. The maximum Gasteiger partial charge on any atom is 0.329 e. The van der Waals surface area contributed by atoms with Gasteiger partial charge < -0.3 is 5.32 Å². The standard InChI is InChI=1S/C6H6N2O2S/c9-4-3-11-5-1-2-7-6(10)8(4)5/h1H,2-3H2,(H,7,10). The number of hydrogen-bond donors (Lipinski definition) is 1. The summed E-state index contributed by atoms with van der Waals surface area (Å²) in [5.74, 6) is 0.262. The molecule has 1 saturated heterocycles. The number of nitrogens with one attached hydrogen (secondary N) is 1. The lowest BCUT2D eigenvalue weighted by Crippen LogP contribution is -2.43. The van der Waals surface area contributed by atoms with Crippen LogP contribution in [0.1, 0.15) is 0 Å². The molecule has 0 aliphatic carbocycles. The van der Waals surface area contributed by atoms with Crippen molar-refractivity contribution in [1.29, 1.82) is 0 Å². The summed E-state index contributed by atoms with van der Waals surface area (Å²) in [7, 11) is 0. The highest BCUT2D eigenvalue weighted by Gasteiger charge is 2.33. The van der Waals surface area contributed by atoms with Gasteiger partial charge in [-0.05, 0) is 6.08 Å². The first-order valence-electron chi connectivity index (χ1n) is 3.23. The molecule has 0 saturated carbocycles. The van der Waals surface area contributed by atoms with Crippen LogP contribution < -0.4 is 5.32 Å². The molecule has 1 fully saturated rings. The fraction of sp³-hybridized carbons (Fsp3) is 0.333. The van der Waals surface area contributed by atoms with E-state index in [0.29, 0.717) is 12.3 Å². The van der Waals surface area contributed by atoms with Crippen LogP contribution in [0.2, 0.25) is 0 Å². The van der Waals surface area contributed by atoms with Crippen LogP contribution in [0.15, 0.2) is 11.1 Å². The SMILES string of the molecule is O=C1CSC2=CCNC(=O)N12. The molecular formula is C6H6N2O2S. The number of urea groups is 1. The van der Waals surface area contributed by atoms with Gasteiger partial charge in [0.1, 0.15) is 0 Å². The molecule has 2 heterocycles. The molecule has 5 heteroatoms. The van der Waals surface area contributed by atoms with Crippen LogP contribution in [0.4, 0.5) is 4.79 Å². The van der Waals surface area contributed by atoms with Crippen molar-refractivity contribution >= 4 is 23.7 Å². The minimum absolute atomic E-state index is 0.126. The number of hydrogen-bond acceptors (Lipinski definition) is 3. The Hall–Kier alpha value is -0.970. The summed E-state index contributed by atoms with van der Waals surface area (Å²) in [5, 5.41) is 3.34. The minimum atomic E-state index is -0.294. The Morgan fingerprint density at radius 1 is 1.55 bits per heavy atom. The van der Waals surface area contributed by atoms with Crippen LogP contribution in [0.5, 0.6) is 0 Å². The molecule has 0 unspecified atom stereocenters. The van der Waals surface area contributed by atoms with Crippen LogP contribution in [0.3, 0.4) is 0 Å². The van der Waals surface area contributed by atoms with Gasteiger partial charge in [-0.2, -0.15) is 0 Å². The number of rotatable bonds is 0. The van der Waals surface area contributed by atoms with Crippen molar-refractivity contribution in [2.24, 2.45) is 0 Å². The van der Waals surface area contributed by atoms with Crippen molar-refractivity contribution in [3.05, 3.63) is 11.1 Å². The highest BCUT2D eigenvalue weighted by molar-refractivity contribution is 8.04. The van der Waals surface area contributed by atoms with E-state index in [4.69, 9.17) is 0 Å². The molecule has 0 aromatic rings. The fourth-order valence-electron chi connectivity index (χ4n) is 1.06. The number of thioether (sulfide) groups is 1. The Morgan fingerprint density at radius 3 is 3.09 bits per heavy atom. The van der Waals surface area contributed by atoms with E-state index in [1.54, 1.807) is 0 Å². The summed E-state index contributed by atoms with van der Waals surface area (Å²) in [6, 6.07) is -0.294. The third-order valence-corrected chi connectivity index (χ3v) is 2.58. The zero-order valence-electron chi connectivity index (χ0n) is 5.66. The molecule has 0 spiro atoms. The normalized spacial score (nSPS) is 22.9. The predicted molar refractivity (Wildman–Crippen MR) is 40.8 cm³/mol. The molecule has 3 amide bonds. The molecule has 11 heavy (non-hydrogen) atoms. The van der Waals surface area contributed by atoms with Crippen LogP contribution >= 0.6 is 11.8 Å². The van der Waals surface area contributed by atoms with E-state index in [1.165, 1.54) is 16.7 Å². The summed E-state index contributed by atoms with van der Waals surface area (Å²) in [5.41, 5.74) is 0. The highest BCUT2D eigenvalue weighted by Crippen LogP contribution is 2.29. The van der Waals surface area contributed by atoms with Gasteiger partial charge in [-0.15, -0.1) is 0 Å². The quantitative estimate of drug-likeness (QED) is 0.562. The molecule has 2 aliphatic heterocycles. The van der Waals surface area contributed by atoms with Crippen molar-refractivity contribution in [2.45, 2.75) is 0 Å². The van der Waals surface area contributed by atoms with Gasteiger partial charge in [-0.3, -0.25) is 4.79 Å². The van der Waals surface area contributed by atoms with E-state index in [9.17, 15) is 9.59 Å². The van der Waals surface area contributed by atoms with Crippen molar-refractivity contribution in [2.75, 3.05) is 12.3 Å². The molecule has 2 rings (SSSR count). The van der Waals surface area contributed by atoms with Gasteiger partial charge in [0, 0.05) is 6.54 Å². The van der Waals surface area contributed by atoms with Gasteiger partial charge in [0.25, 0.3) is 0 Å². The Labute approximate surface area is 67.6 Å². The minimum Gasteiger partial charge on any atom is -0.334 e. The largest absolute Gasteiger partial charge is 0.334 e. The third-order valence-electron chi connectivity index (χ3n) is 1.55. The molecule has 1 N–H and O–H groups in total. The lowest BCUT2D eigenvalue weighted by atomic mass is 10.4. The van der Waals surface area contributed by atoms with Crippen LogP contribution in [0, 0.1) is 0 Å². The van der Waals surface area contributed by atoms with Gasteiger partial charge >= 0.3 is 6.03 Å². The number of nitrogens with zero attached hydrogens (tertiary/aromatic N) is 1. The molecule has 0 atom stereocenters. The van der Waals surface area contributed by atoms with Crippen LogP contribution in [0.25, 0.3) is 0 Å². The number of carbonyl (C=O) groups is 2. The van der Waals surface area contributed by atoms with Crippen molar-refractivity contribution in [1.82, 2.24) is 10.2 Å². The van der Waals surface area contributed by atoms with E-state index in [0.717, 1.165) is 5.03 Å². The Kier molecular flexibility index (Phi) is 1.38. The average molecular weight is 170 g/mol. The first-order chi connectivity index (χ1) is 5.29. The molecule has 2 aliphatic rings. The lowest BCUT2D eigenvalue weighted by molar-refractivity contribution is -0.123. The van der Waals surface area contributed by atoms with Crippen molar-refractivity contribution in [3.8, 4) is 0 Å². The summed E-state index contributed by atoms with van der Waals surface area (Å²) < 4.78 is 0. The zero-order chi connectivity index (χ0) is 7.84. The van der Waals surface area contributed by atoms with Gasteiger partial charge in [0.2, 0.25) is 5.91 Å². The van der Waals surface area contributed by atoms with E-state index in [1.807, 2.05) is 6.08 Å². The van der Waals surface area contributed by atoms with Gasteiger partial charge in [-0.25, -0.2) is 9.69 Å². The Morgan fingerprint density at radius 2 is 2.36 bits per heavy atom. The maximum atomic E-state index is 11.0. The molecule has 4 nitrogen and oxygen atoms in total. The molecule has 0 aromatic carbocycles. The molecule has 58 valence electrons. The summed E-state index contributed by atoms with van der Waals surface area (Å²) in [6.45, 7) is 0.533. The molecule has 0 aromatic heterocycles. The second-order valence-corrected chi connectivity index (χ2v) is 3.24. The lowest BCUT2D eigenvalue weighted by Gasteiger charge is -2.19. The molecule has 0 bridgehead atoms. The fourth-order valence-corrected chi connectivity index (χ4v) is 1.97. The van der Waals surface area contributed by atoms with E-state index in [-0.39, 0.29) is 11.9 Å². The number of imide groups is 1. The number of fused-ring (bicyclic) bond motifs is 1. The van der Waals surface area contributed by atoms with Crippen molar-refractivity contribution in [3.63, 3.8) is 0 Å². The van der Waals surface area contributed by atoms with Gasteiger partial charge in [0.05, 0.1) is 10.8 Å². The Bertz CT molecular complexity index is 261. The third kappa shape index (κ3) is 0.920. The van der Waals surface area contributed by atoms with Crippen LogP contribution in [-0.2, 0) is 4.79 Å². The van der Waals surface area contributed by atoms with E-state index in [2.05, 4.69) is 5.32 Å². The second kappa shape index (κ2) is 2.27. The number of carbonyl (C=O) groups excluding carboxylic acids is 2. The molecular weight excluding hydrogens is 164 g/mol. The highest BCUT2D eigenvalue weighted by atomic mass is 32.2. The first-order valence-corrected chi connectivity index (χ1v) is 4.21. The summed E-state index contributed by atoms with van der Waals surface area (Å²) in [6.07, 6.45) is 1.84. The smallest absolute Gasteiger partial charge is 0.329 e. The average Bonchev–Trinajstić information content (AvgIpc) is 2.34. The van der Waals surface area contributed by atoms with Gasteiger partial charge in [0.15, 0.2) is 0 Å². The zero-order valence-corrected chi connectivity index (χ0v) is 6.48. The van der Waals surface area contributed by atoms with Gasteiger partial charge in [-0.1, -0.05) is 11.8 Å². The molecule has 0 radical (unpaired) electrons. The number of amides is 3. The summed E-state index contributed by atoms with van der Waals surface area (Å²) >= 11 is 1.41.